The van der Waals surface area contributed by atoms with Gasteiger partial charge in [0.15, 0.2) is 0 Å². The molecule has 0 aromatic carbocycles. The average Bonchev–Trinajstić information content (AvgIpc) is 2.96. The van der Waals surface area contributed by atoms with Gasteiger partial charge in [0.05, 0.1) is 16.6 Å². The number of nitrogens with zero attached hydrogens (tertiary/aromatic N) is 1. The Morgan fingerprint density at radius 2 is 2.25 bits per heavy atom. The fourth-order valence-electron chi connectivity index (χ4n) is 2.72. The average molecular weight is 296 g/mol. The van der Waals surface area contributed by atoms with Gasteiger partial charge in [-0.3, -0.25) is 4.79 Å². The number of carboxylic acid groups (broad SMARTS) is 1. The number of hydrogen-bond donors (Lipinski definition) is 2. The minimum absolute atomic E-state index is 0.1000. The van der Waals surface area contributed by atoms with Gasteiger partial charge in [-0.1, -0.05) is 27.2 Å². The highest BCUT2D eigenvalue weighted by Crippen LogP contribution is 2.31. The molecule has 2 rings (SSSR count). The first-order valence-electron chi connectivity index (χ1n) is 7.26. The normalized spacial score (nSPS) is 23.1. The lowest BCUT2D eigenvalue weighted by Gasteiger charge is -2.16. The fraction of sp³-hybridized carbons (Fsp3) is 0.733. The standard InChI is InChI=1S/C15H24N2O2S/c1-15(2,3)14-17-11(9-20-14)8-16-7-10-5-4-6-12(10)13(18)19/h9-10,12,16H,4-8H2,1-3H3,(H,18,19). The molecule has 112 valence electrons. The van der Waals surface area contributed by atoms with Crippen LogP contribution < -0.4 is 5.32 Å². The lowest BCUT2D eigenvalue weighted by Crippen LogP contribution is -2.28. The summed E-state index contributed by atoms with van der Waals surface area (Å²) >= 11 is 1.70. The first kappa shape index (κ1) is 15.4. The molecule has 2 N–H and O–H groups in total. The second-order valence-electron chi connectivity index (χ2n) is 6.66. The van der Waals surface area contributed by atoms with Crippen LogP contribution in [0.4, 0.5) is 0 Å². The van der Waals surface area contributed by atoms with Crippen LogP contribution in [0.1, 0.15) is 50.7 Å². The number of hydrogen-bond acceptors (Lipinski definition) is 4. The van der Waals surface area contributed by atoms with Crippen molar-refractivity contribution in [3.8, 4) is 0 Å². The third-order valence-corrected chi connectivity index (χ3v) is 5.20. The molecule has 1 heterocycles. The minimum atomic E-state index is -0.641. The highest BCUT2D eigenvalue weighted by molar-refractivity contribution is 7.09. The van der Waals surface area contributed by atoms with E-state index < -0.39 is 5.97 Å². The Kier molecular flexibility index (Phi) is 4.81. The zero-order valence-electron chi connectivity index (χ0n) is 12.5. The van der Waals surface area contributed by atoms with Crippen molar-refractivity contribution < 1.29 is 9.90 Å². The van der Waals surface area contributed by atoms with Crippen molar-refractivity contribution in [3.05, 3.63) is 16.1 Å². The predicted octanol–water partition coefficient (Wildman–Crippen LogP) is 3.03. The zero-order valence-corrected chi connectivity index (χ0v) is 13.3. The summed E-state index contributed by atoms with van der Waals surface area (Å²) < 4.78 is 0. The molecule has 4 nitrogen and oxygen atoms in total. The van der Waals surface area contributed by atoms with Gasteiger partial charge in [0, 0.05) is 17.3 Å². The number of rotatable bonds is 5. The molecule has 1 aliphatic rings. The van der Waals surface area contributed by atoms with Gasteiger partial charge in [0.2, 0.25) is 0 Å². The van der Waals surface area contributed by atoms with E-state index in [1.54, 1.807) is 11.3 Å². The summed E-state index contributed by atoms with van der Waals surface area (Å²) in [6, 6.07) is 0. The Morgan fingerprint density at radius 3 is 2.85 bits per heavy atom. The van der Waals surface area contributed by atoms with Gasteiger partial charge in [-0.2, -0.15) is 0 Å². The van der Waals surface area contributed by atoms with Gasteiger partial charge in [-0.15, -0.1) is 11.3 Å². The number of aromatic nitrogens is 1. The summed E-state index contributed by atoms with van der Waals surface area (Å²) in [6.07, 6.45) is 2.88. The van der Waals surface area contributed by atoms with Crippen molar-refractivity contribution >= 4 is 17.3 Å². The SMILES string of the molecule is CC(C)(C)c1nc(CNCC2CCCC2C(=O)O)cs1. The number of thiazole rings is 1. The maximum atomic E-state index is 11.1. The number of carboxylic acids is 1. The monoisotopic (exact) mass is 296 g/mol. The van der Waals surface area contributed by atoms with E-state index in [1.807, 2.05) is 0 Å². The van der Waals surface area contributed by atoms with Gasteiger partial charge >= 0.3 is 5.97 Å². The van der Waals surface area contributed by atoms with Crippen LogP contribution in [-0.4, -0.2) is 22.6 Å². The van der Waals surface area contributed by atoms with Gasteiger partial charge in [0.1, 0.15) is 0 Å². The Balaban J connectivity index is 1.81. The molecule has 0 bridgehead atoms. The lowest BCUT2D eigenvalue weighted by atomic mass is 9.96. The zero-order chi connectivity index (χ0) is 14.8. The molecule has 2 atom stereocenters. The maximum Gasteiger partial charge on any atom is 0.306 e. The molecule has 1 saturated carbocycles. The molecular weight excluding hydrogens is 272 g/mol. The van der Waals surface area contributed by atoms with E-state index in [0.29, 0.717) is 0 Å². The molecule has 5 heteroatoms. The Labute approximate surface area is 124 Å². The largest absolute Gasteiger partial charge is 0.481 e. The van der Waals surface area contributed by atoms with Gasteiger partial charge in [-0.05, 0) is 25.3 Å². The molecular formula is C15H24N2O2S. The van der Waals surface area contributed by atoms with Crippen molar-refractivity contribution in [3.63, 3.8) is 0 Å². The molecule has 0 aliphatic heterocycles. The number of aliphatic carboxylic acids is 1. The van der Waals surface area contributed by atoms with Gasteiger partial charge in [-0.25, -0.2) is 4.98 Å². The van der Waals surface area contributed by atoms with Crippen molar-refractivity contribution in [2.24, 2.45) is 11.8 Å². The first-order chi connectivity index (χ1) is 9.38. The van der Waals surface area contributed by atoms with E-state index in [4.69, 9.17) is 5.11 Å². The summed E-state index contributed by atoms with van der Waals surface area (Å²) in [7, 11) is 0. The molecule has 20 heavy (non-hydrogen) atoms. The van der Waals surface area contributed by atoms with E-state index in [0.717, 1.165) is 43.1 Å². The molecule has 1 fully saturated rings. The second kappa shape index (κ2) is 6.22. The van der Waals surface area contributed by atoms with Crippen LogP contribution in [0.3, 0.4) is 0 Å². The highest BCUT2D eigenvalue weighted by Gasteiger charge is 2.32. The molecule has 0 amide bonds. The third-order valence-electron chi connectivity index (χ3n) is 3.88. The van der Waals surface area contributed by atoms with Crippen LogP contribution in [0.15, 0.2) is 5.38 Å². The minimum Gasteiger partial charge on any atom is -0.481 e. The van der Waals surface area contributed by atoms with Crippen LogP contribution in [0.25, 0.3) is 0 Å². The van der Waals surface area contributed by atoms with E-state index in [1.165, 1.54) is 0 Å². The topological polar surface area (TPSA) is 62.2 Å². The smallest absolute Gasteiger partial charge is 0.306 e. The van der Waals surface area contributed by atoms with Crippen LogP contribution in [0.5, 0.6) is 0 Å². The quantitative estimate of drug-likeness (QED) is 0.876. The van der Waals surface area contributed by atoms with Crippen LogP contribution in [-0.2, 0) is 16.8 Å². The van der Waals surface area contributed by atoms with Crippen LogP contribution >= 0.6 is 11.3 Å². The van der Waals surface area contributed by atoms with Crippen molar-refractivity contribution in [2.75, 3.05) is 6.54 Å². The molecule has 1 aromatic rings. The van der Waals surface area contributed by atoms with Crippen LogP contribution in [0, 0.1) is 11.8 Å². The van der Waals surface area contributed by atoms with E-state index >= 15 is 0 Å². The Morgan fingerprint density at radius 1 is 1.50 bits per heavy atom. The van der Waals surface area contributed by atoms with Gasteiger partial charge < -0.3 is 10.4 Å². The molecule has 0 spiro atoms. The predicted molar refractivity (Wildman–Crippen MR) is 81.0 cm³/mol. The summed E-state index contributed by atoms with van der Waals surface area (Å²) in [4.78, 5) is 15.8. The molecule has 2 unspecified atom stereocenters. The van der Waals surface area contributed by atoms with E-state index in [9.17, 15) is 4.79 Å². The lowest BCUT2D eigenvalue weighted by molar-refractivity contribution is -0.142. The van der Waals surface area contributed by atoms with Crippen LogP contribution in [0.2, 0.25) is 0 Å². The van der Waals surface area contributed by atoms with E-state index in [-0.39, 0.29) is 17.3 Å². The van der Waals surface area contributed by atoms with Gasteiger partial charge in [0.25, 0.3) is 0 Å². The van der Waals surface area contributed by atoms with Crippen molar-refractivity contribution in [1.82, 2.24) is 10.3 Å². The third kappa shape index (κ3) is 3.79. The van der Waals surface area contributed by atoms with E-state index in [2.05, 4.69) is 36.5 Å². The summed E-state index contributed by atoms with van der Waals surface area (Å²) in [6.45, 7) is 8.01. The molecule has 0 saturated heterocycles. The summed E-state index contributed by atoms with van der Waals surface area (Å²) in [5.74, 6) is -0.533. The number of carbonyl (C=O) groups is 1. The summed E-state index contributed by atoms with van der Waals surface area (Å²) in [5.41, 5.74) is 1.16. The number of nitrogens with one attached hydrogen (secondary N) is 1. The molecule has 0 radical (unpaired) electrons. The van der Waals surface area contributed by atoms with Crippen molar-refractivity contribution in [2.45, 2.75) is 52.0 Å². The first-order valence-corrected chi connectivity index (χ1v) is 8.14. The summed E-state index contributed by atoms with van der Waals surface area (Å²) in [5, 5.41) is 15.8. The fourth-order valence-corrected chi connectivity index (χ4v) is 3.63. The Bertz CT molecular complexity index is 465. The maximum absolute atomic E-state index is 11.1. The highest BCUT2D eigenvalue weighted by atomic mass is 32.1. The Hall–Kier alpha value is -0.940. The van der Waals surface area contributed by atoms with Crippen molar-refractivity contribution in [1.29, 1.82) is 0 Å². The molecule has 1 aromatic heterocycles. The second-order valence-corrected chi connectivity index (χ2v) is 7.52. The molecule has 1 aliphatic carbocycles.